The van der Waals surface area contributed by atoms with Gasteiger partial charge in [-0.15, -0.1) is 0 Å². The normalized spacial score (nSPS) is 15.1. The molecule has 1 aromatic carbocycles. The van der Waals surface area contributed by atoms with Gasteiger partial charge >= 0.3 is 0 Å². The SMILES string of the molecule is CCCC1=[N+](C)CCc2cc(O)c(O)cc21. The Morgan fingerprint density at radius 3 is 2.62 bits per heavy atom. The lowest BCUT2D eigenvalue weighted by atomic mass is 9.94. The molecule has 2 N–H and O–H groups in total. The van der Waals surface area contributed by atoms with E-state index >= 15 is 0 Å². The minimum atomic E-state index is -0.0253. The summed E-state index contributed by atoms with van der Waals surface area (Å²) in [6, 6.07) is 3.37. The number of aromatic hydroxyl groups is 2. The van der Waals surface area contributed by atoms with Crippen molar-refractivity contribution in [2.24, 2.45) is 0 Å². The van der Waals surface area contributed by atoms with Crippen molar-refractivity contribution >= 4 is 5.71 Å². The maximum atomic E-state index is 9.57. The van der Waals surface area contributed by atoms with Gasteiger partial charge in [0, 0.05) is 18.4 Å². The number of hydrogen-bond donors (Lipinski definition) is 2. The summed E-state index contributed by atoms with van der Waals surface area (Å²) < 4.78 is 2.24. The van der Waals surface area contributed by atoms with Crippen LogP contribution in [-0.2, 0) is 6.42 Å². The first-order valence-electron chi connectivity index (χ1n) is 5.75. The van der Waals surface area contributed by atoms with E-state index in [9.17, 15) is 10.2 Å². The summed E-state index contributed by atoms with van der Waals surface area (Å²) in [5.74, 6) is -0.0400. The average molecular weight is 220 g/mol. The highest BCUT2D eigenvalue weighted by molar-refractivity contribution is 5.99. The molecule has 0 amide bonds. The predicted molar refractivity (Wildman–Crippen MR) is 63.5 cm³/mol. The second kappa shape index (κ2) is 4.16. The molecule has 0 unspecified atom stereocenters. The minimum absolute atomic E-state index is 0.0147. The molecule has 1 heterocycles. The summed E-state index contributed by atoms with van der Waals surface area (Å²) in [7, 11) is 2.08. The second-order valence-electron chi connectivity index (χ2n) is 4.37. The van der Waals surface area contributed by atoms with Crippen LogP contribution in [-0.4, -0.2) is 34.1 Å². The molecule has 0 aliphatic carbocycles. The molecule has 86 valence electrons. The molecular formula is C13H18NO2+. The van der Waals surface area contributed by atoms with Gasteiger partial charge in [0.1, 0.15) is 13.6 Å². The lowest BCUT2D eigenvalue weighted by molar-refractivity contribution is -0.499. The maximum Gasteiger partial charge on any atom is 0.183 e. The van der Waals surface area contributed by atoms with Gasteiger partial charge in [-0.05, 0) is 24.1 Å². The highest BCUT2D eigenvalue weighted by Crippen LogP contribution is 2.31. The summed E-state index contributed by atoms with van der Waals surface area (Å²) in [5, 5.41) is 19.1. The zero-order chi connectivity index (χ0) is 11.7. The van der Waals surface area contributed by atoms with E-state index in [-0.39, 0.29) is 11.5 Å². The lowest BCUT2D eigenvalue weighted by Crippen LogP contribution is -2.27. The quantitative estimate of drug-likeness (QED) is 0.590. The fourth-order valence-corrected chi connectivity index (χ4v) is 2.29. The van der Waals surface area contributed by atoms with Gasteiger partial charge in [0.15, 0.2) is 17.2 Å². The summed E-state index contributed by atoms with van der Waals surface area (Å²) in [5.41, 5.74) is 3.49. The van der Waals surface area contributed by atoms with E-state index in [1.807, 2.05) is 0 Å². The predicted octanol–water partition coefficient (Wildman–Crippen LogP) is 1.89. The fraction of sp³-hybridized carbons (Fsp3) is 0.462. The van der Waals surface area contributed by atoms with Crippen molar-refractivity contribution < 1.29 is 14.8 Å². The molecule has 3 nitrogen and oxygen atoms in total. The smallest absolute Gasteiger partial charge is 0.183 e. The Morgan fingerprint density at radius 2 is 1.94 bits per heavy atom. The van der Waals surface area contributed by atoms with Gasteiger partial charge in [-0.1, -0.05) is 6.92 Å². The van der Waals surface area contributed by atoms with Crippen molar-refractivity contribution in [2.45, 2.75) is 26.2 Å². The van der Waals surface area contributed by atoms with Crippen LogP contribution in [0.1, 0.15) is 30.9 Å². The molecule has 0 radical (unpaired) electrons. The number of fused-ring (bicyclic) bond motifs is 1. The summed E-state index contributed by atoms with van der Waals surface area (Å²) in [6.45, 7) is 3.13. The first-order chi connectivity index (χ1) is 7.63. The molecule has 1 aliphatic heterocycles. The van der Waals surface area contributed by atoms with Gasteiger partial charge in [0.25, 0.3) is 0 Å². The molecular weight excluding hydrogens is 202 g/mol. The van der Waals surface area contributed by atoms with Crippen LogP contribution >= 0.6 is 0 Å². The molecule has 16 heavy (non-hydrogen) atoms. The van der Waals surface area contributed by atoms with Gasteiger partial charge in [0.05, 0.1) is 0 Å². The van der Waals surface area contributed by atoms with E-state index in [1.54, 1.807) is 12.1 Å². The van der Waals surface area contributed by atoms with Crippen LogP contribution in [0.25, 0.3) is 0 Å². The van der Waals surface area contributed by atoms with Crippen molar-refractivity contribution in [3.05, 3.63) is 23.3 Å². The van der Waals surface area contributed by atoms with Gasteiger partial charge < -0.3 is 10.2 Å². The van der Waals surface area contributed by atoms with Gasteiger partial charge in [-0.25, -0.2) is 4.58 Å². The molecule has 1 aromatic rings. The maximum absolute atomic E-state index is 9.57. The number of phenols is 2. The third kappa shape index (κ3) is 1.77. The van der Waals surface area contributed by atoms with E-state index < -0.39 is 0 Å². The number of likely N-dealkylation sites (N-methyl/N-ethyl adjacent to an activating group) is 1. The Hall–Kier alpha value is -1.51. The van der Waals surface area contributed by atoms with Crippen LogP contribution in [0.4, 0.5) is 0 Å². The van der Waals surface area contributed by atoms with E-state index in [2.05, 4.69) is 18.5 Å². The Bertz CT molecular complexity index is 449. The average Bonchev–Trinajstić information content (AvgIpc) is 2.25. The second-order valence-corrected chi connectivity index (χ2v) is 4.37. The molecule has 0 spiro atoms. The molecule has 0 bridgehead atoms. The van der Waals surface area contributed by atoms with Crippen molar-refractivity contribution in [2.75, 3.05) is 13.6 Å². The Kier molecular flexibility index (Phi) is 2.86. The number of benzene rings is 1. The first-order valence-corrected chi connectivity index (χ1v) is 5.75. The summed E-state index contributed by atoms with van der Waals surface area (Å²) in [6.07, 6.45) is 3.02. The monoisotopic (exact) mass is 220 g/mol. The van der Waals surface area contributed by atoms with E-state index in [4.69, 9.17) is 0 Å². The van der Waals surface area contributed by atoms with Gasteiger partial charge in [-0.2, -0.15) is 0 Å². The molecule has 0 saturated carbocycles. The third-order valence-corrected chi connectivity index (χ3v) is 3.18. The van der Waals surface area contributed by atoms with E-state index in [0.29, 0.717) is 0 Å². The van der Waals surface area contributed by atoms with Crippen LogP contribution < -0.4 is 0 Å². The molecule has 1 aliphatic rings. The third-order valence-electron chi connectivity index (χ3n) is 3.18. The first kappa shape index (κ1) is 11.0. The van der Waals surface area contributed by atoms with Gasteiger partial charge in [0.2, 0.25) is 0 Å². The van der Waals surface area contributed by atoms with Crippen LogP contribution in [0.15, 0.2) is 12.1 Å². The minimum Gasteiger partial charge on any atom is -0.504 e. The highest BCUT2D eigenvalue weighted by Gasteiger charge is 2.24. The van der Waals surface area contributed by atoms with Gasteiger partial charge in [-0.3, -0.25) is 0 Å². The van der Waals surface area contributed by atoms with Crippen molar-refractivity contribution in [3.8, 4) is 11.5 Å². The molecule has 2 rings (SSSR count). The molecule has 0 saturated heterocycles. The zero-order valence-corrected chi connectivity index (χ0v) is 9.82. The van der Waals surface area contributed by atoms with Crippen LogP contribution in [0.2, 0.25) is 0 Å². The highest BCUT2D eigenvalue weighted by atomic mass is 16.3. The van der Waals surface area contributed by atoms with Crippen LogP contribution in [0.3, 0.4) is 0 Å². The van der Waals surface area contributed by atoms with Crippen molar-refractivity contribution in [1.82, 2.24) is 0 Å². The number of phenolic OH excluding ortho intramolecular Hbond substituents is 2. The Morgan fingerprint density at radius 1 is 1.25 bits per heavy atom. The zero-order valence-electron chi connectivity index (χ0n) is 9.82. The number of rotatable bonds is 2. The van der Waals surface area contributed by atoms with E-state index in [0.717, 1.165) is 36.9 Å². The Balaban J connectivity index is 2.53. The number of nitrogens with zero attached hydrogens (tertiary/aromatic N) is 1. The van der Waals surface area contributed by atoms with Crippen LogP contribution in [0.5, 0.6) is 11.5 Å². The van der Waals surface area contributed by atoms with Crippen molar-refractivity contribution in [1.29, 1.82) is 0 Å². The molecule has 0 aromatic heterocycles. The van der Waals surface area contributed by atoms with E-state index in [1.165, 1.54) is 5.71 Å². The summed E-state index contributed by atoms with van der Waals surface area (Å²) >= 11 is 0. The van der Waals surface area contributed by atoms with Crippen LogP contribution in [0, 0.1) is 0 Å². The molecule has 0 atom stereocenters. The Labute approximate surface area is 95.7 Å². The summed E-state index contributed by atoms with van der Waals surface area (Å²) in [4.78, 5) is 0. The molecule has 3 heteroatoms. The van der Waals surface area contributed by atoms with Crippen molar-refractivity contribution in [3.63, 3.8) is 0 Å². The standard InChI is InChI=1S/C13H17NO2/c1-3-4-11-10-8-13(16)12(15)7-9(10)5-6-14(11)2/h7-8,16H,3-6H2,1-2H3/p+1. The topological polar surface area (TPSA) is 43.5 Å². The fourth-order valence-electron chi connectivity index (χ4n) is 2.29. The lowest BCUT2D eigenvalue weighted by Gasteiger charge is -2.17. The largest absolute Gasteiger partial charge is 0.504 e. The molecule has 0 fully saturated rings. The number of hydrogen-bond acceptors (Lipinski definition) is 2.